The van der Waals surface area contributed by atoms with Gasteiger partial charge < -0.3 is 25.0 Å². The molecule has 0 radical (unpaired) electrons. The lowest BCUT2D eigenvalue weighted by Crippen LogP contribution is -2.54. The van der Waals surface area contributed by atoms with E-state index in [9.17, 15) is 22.4 Å². The number of nitrogens with two attached hydrogens (primary N) is 1. The van der Waals surface area contributed by atoms with Crippen molar-refractivity contribution in [1.29, 1.82) is 0 Å². The molecule has 2 aromatic carbocycles. The van der Waals surface area contributed by atoms with Crippen molar-refractivity contribution in [1.82, 2.24) is 24.8 Å². The molecule has 0 bridgehead atoms. The number of carbonyl (C=O) groups is 1. The molecule has 0 saturated carbocycles. The minimum Gasteiger partial charge on any atom is -0.461 e. The molecule has 2 aromatic heterocycles. The van der Waals surface area contributed by atoms with Gasteiger partial charge in [0.25, 0.3) is 0 Å². The van der Waals surface area contributed by atoms with Crippen LogP contribution in [0.15, 0.2) is 30.9 Å². The molecule has 260 valence electrons. The molecule has 7 rings (SSSR count). The number of benzene rings is 2. The fourth-order valence-electron chi connectivity index (χ4n) is 7.60. The Kier molecular flexibility index (Phi) is 8.38. The van der Waals surface area contributed by atoms with Crippen LogP contribution in [-0.2, 0) is 15.7 Å². The standard InChI is InChI=1S/C33H34F5N7O3S/c1-4-23(46)45-11-10-43(14-17(45)2)29-20-12-21(33(36,37)38)24(19-6-7-22(34)28-27(19)40-30(39)49-28)25(35)26(20)41-31(42-29)48-16-32-8-5-9-44(32)15-18(13-32)47-3/h4,6-7,12,17-18H,1,5,8-11,13-16H2,2-3H3,(H2,39,40). The summed E-state index contributed by atoms with van der Waals surface area (Å²) in [6, 6.07) is 2.28. The third kappa shape index (κ3) is 5.72. The summed E-state index contributed by atoms with van der Waals surface area (Å²) in [6.45, 7) is 7.75. The van der Waals surface area contributed by atoms with E-state index < -0.39 is 34.5 Å². The van der Waals surface area contributed by atoms with E-state index in [1.807, 2.05) is 0 Å². The maximum atomic E-state index is 16.9. The first kappa shape index (κ1) is 33.4. The van der Waals surface area contributed by atoms with Crippen molar-refractivity contribution >= 4 is 49.3 Å². The number of halogens is 5. The van der Waals surface area contributed by atoms with E-state index in [1.165, 1.54) is 6.08 Å². The third-order valence-electron chi connectivity index (χ3n) is 9.94. The van der Waals surface area contributed by atoms with E-state index in [2.05, 4.69) is 26.4 Å². The number of piperazine rings is 1. The largest absolute Gasteiger partial charge is 0.461 e. The number of nitrogens with zero attached hydrogens (tertiary/aromatic N) is 6. The van der Waals surface area contributed by atoms with Crippen LogP contribution in [0.3, 0.4) is 0 Å². The van der Waals surface area contributed by atoms with E-state index in [4.69, 9.17) is 15.2 Å². The van der Waals surface area contributed by atoms with Gasteiger partial charge in [0, 0.05) is 55.8 Å². The number of hydrogen-bond acceptors (Lipinski definition) is 10. The van der Waals surface area contributed by atoms with Crippen LogP contribution < -0.4 is 15.4 Å². The molecule has 10 nitrogen and oxygen atoms in total. The first-order valence-corrected chi connectivity index (χ1v) is 16.7. The number of carbonyl (C=O) groups excluding carboxylic acids is 1. The van der Waals surface area contributed by atoms with Gasteiger partial charge >= 0.3 is 12.2 Å². The summed E-state index contributed by atoms with van der Waals surface area (Å²) >= 11 is 0.754. The highest BCUT2D eigenvalue weighted by Crippen LogP contribution is 2.46. The second-order valence-electron chi connectivity index (χ2n) is 12.8. The quantitative estimate of drug-likeness (QED) is 0.193. The second-order valence-corrected chi connectivity index (χ2v) is 13.8. The average molecular weight is 704 g/mol. The zero-order chi connectivity index (χ0) is 34.8. The number of amides is 1. The van der Waals surface area contributed by atoms with E-state index >= 15 is 4.39 Å². The summed E-state index contributed by atoms with van der Waals surface area (Å²) in [5, 5.41) is -0.267. The zero-order valence-electron chi connectivity index (χ0n) is 26.8. The summed E-state index contributed by atoms with van der Waals surface area (Å²) in [7, 11) is 1.66. The predicted octanol–water partition coefficient (Wildman–Crippen LogP) is 5.64. The highest BCUT2D eigenvalue weighted by atomic mass is 32.1. The Labute approximate surface area is 282 Å². The van der Waals surface area contributed by atoms with Crippen molar-refractivity contribution in [2.45, 2.75) is 50.0 Å². The van der Waals surface area contributed by atoms with Gasteiger partial charge in [0.1, 0.15) is 23.8 Å². The molecule has 3 saturated heterocycles. The van der Waals surface area contributed by atoms with Crippen LogP contribution in [0, 0.1) is 11.6 Å². The van der Waals surface area contributed by atoms with Crippen LogP contribution >= 0.6 is 11.3 Å². The highest BCUT2D eigenvalue weighted by molar-refractivity contribution is 7.22. The third-order valence-corrected chi connectivity index (χ3v) is 10.8. The van der Waals surface area contributed by atoms with Crippen LogP contribution in [0.2, 0.25) is 0 Å². The molecular formula is C33H34F5N7O3S. The lowest BCUT2D eigenvalue weighted by molar-refractivity contribution is -0.137. The minimum absolute atomic E-state index is 0.0149. The molecule has 2 N–H and O–H groups in total. The molecule has 3 aliphatic rings. The molecule has 3 fully saturated rings. The second kappa shape index (κ2) is 12.3. The smallest absolute Gasteiger partial charge is 0.417 e. The van der Waals surface area contributed by atoms with Gasteiger partial charge in [-0.1, -0.05) is 17.9 Å². The highest BCUT2D eigenvalue weighted by Gasteiger charge is 2.49. The SMILES string of the molecule is C=CC(=O)N1CCN(c2nc(OCC34CCCN3CC(OC)C4)nc3c(F)c(-c4ccc(F)c5sc(N)nc45)c(C(F)(F)F)cc23)CC1C. The van der Waals surface area contributed by atoms with Crippen molar-refractivity contribution in [2.75, 3.05) is 57.1 Å². The molecule has 1 amide bonds. The fraction of sp³-hybridized carbons (Fsp3) is 0.455. The number of methoxy groups -OCH3 is 1. The molecule has 3 atom stereocenters. The Balaban J connectivity index is 1.40. The van der Waals surface area contributed by atoms with Gasteiger partial charge in [0.15, 0.2) is 10.9 Å². The first-order chi connectivity index (χ1) is 23.3. The van der Waals surface area contributed by atoms with Crippen molar-refractivity contribution in [3.8, 4) is 17.1 Å². The molecule has 4 aromatic rings. The van der Waals surface area contributed by atoms with Crippen LogP contribution in [0.4, 0.5) is 32.9 Å². The van der Waals surface area contributed by atoms with E-state index in [0.717, 1.165) is 55.5 Å². The molecule has 3 unspecified atom stereocenters. The Morgan fingerprint density at radius 3 is 2.67 bits per heavy atom. The number of ether oxygens (including phenoxy) is 2. The number of nitrogen functional groups attached to an aromatic ring is 1. The van der Waals surface area contributed by atoms with Gasteiger partial charge in [-0.3, -0.25) is 9.69 Å². The van der Waals surface area contributed by atoms with Crippen LogP contribution in [0.25, 0.3) is 32.2 Å². The lowest BCUT2D eigenvalue weighted by atomic mass is 9.94. The van der Waals surface area contributed by atoms with Gasteiger partial charge in [-0.15, -0.1) is 0 Å². The van der Waals surface area contributed by atoms with Crippen molar-refractivity contribution in [3.05, 3.63) is 48.1 Å². The maximum absolute atomic E-state index is 16.9. The van der Waals surface area contributed by atoms with Crippen molar-refractivity contribution in [2.24, 2.45) is 0 Å². The number of rotatable bonds is 7. The molecule has 16 heteroatoms. The summed E-state index contributed by atoms with van der Waals surface area (Å²) in [5.74, 6) is -2.27. The normalized spacial score (nSPS) is 23.1. The van der Waals surface area contributed by atoms with Crippen LogP contribution in [0.5, 0.6) is 6.01 Å². The molecule has 49 heavy (non-hydrogen) atoms. The molecule has 3 aliphatic heterocycles. The van der Waals surface area contributed by atoms with Gasteiger partial charge in [-0.05, 0) is 57.0 Å². The van der Waals surface area contributed by atoms with Gasteiger partial charge in [-0.2, -0.15) is 23.1 Å². The monoisotopic (exact) mass is 703 g/mol. The summed E-state index contributed by atoms with van der Waals surface area (Å²) in [4.78, 5) is 31.1. The Bertz CT molecular complexity index is 1970. The maximum Gasteiger partial charge on any atom is 0.417 e. The number of hydrogen-bond donors (Lipinski definition) is 1. The van der Waals surface area contributed by atoms with Gasteiger partial charge in [-0.25, -0.2) is 13.8 Å². The molecule has 0 aliphatic carbocycles. The minimum atomic E-state index is -5.03. The average Bonchev–Trinajstić information content (AvgIpc) is 3.75. The van der Waals surface area contributed by atoms with Crippen molar-refractivity contribution in [3.63, 3.8) is 0 Å². The fourth-order valence-corrected chi connectivity index (χ4v) is 8.36. The summed E-state index contributed by atoms with van der Waals surface area (Å²) in [5.41, 5.74) is 2.45. The van der Waals surface area contributed by atoms with Crippen LogP contribution in [-0.4, -0.2) is 94.8 Å². The van der Waals surface area contributed by atoms with E-state index in [0.29, 0.717) is 6.42 Å². The zero-order valence-corrected chi connectivity index (χ0v) is 27.6. The number of anilines is 2. The van der Waals surface area contributed by atoms with E-state index in [-0.39, 0.29) is 88.0 Å². The molecular weight excluding hydrogens is 669 g/mol. The lowest BCUT2D eigenvalue weighted by Gasteiger charge is -2.40. The number of alkyl halides is 3. The van der Waals surface area contributed by atoms with Gasteiger partial charge in [0.05, 0.1) is 27.4 Å². The number of fused-ring (bicyclic) bond motifs is 3. The number of aromatic nitrogens is 3. The summed E-state index contributed by atoms with van der Waals surface area (Å²) in [6.07, 6.45) is -1.30. The van der Waals surface area contributed by atoms with Crippen LogP contribution in [0.1, 0.15) is 31.7 Å². The Hall–Kier alpha value is -4.15. The summed E-state index contributed by atoms with van der Waals surface area (Å²) < 4.78 is 88.0. The predicted molar refractivity (Wildman–Crippen MR) is 176 cm³/mol. The molecule has 0 spiro atoms. The Morgan fingerprint density at radius 2 is 1.96 bits per heavy atom. The first-order valence-electron chi connectivity index (χ1n) is 15.9. The van der Waals surface area contributed by atoms with E-state index in [1.54, 1.807) is 23.8 Å². The van der Waals surface area contributed by atoms with Gasteiger partial charge in [0.2, 0.25) is 5.91 Å². The number of thiazole rings is 1. The topological polar surface area (TPSA) is 110 Å². The Morgan fingerprint density at radius 1 is 1.16 bits per heavy atom. The van der Waals surface area contributed by atoms with Crippen molar-refractivity contribution < 1.29 is 36.2 Å². The molecule has 5 heterocycles.